The van der Waals surface area contributed by atoms with Crippen molar-refractivity contribution >= 4 is 38.9 Å². The fraction of sp³-hybridized carbons (Fsp3) is 0.235. The number of anilines is 1. The van der Waals surface area contributed by atoms with Crippen LogP contribution >= 0.6 is 11.6 Å². The summed E-state index contributed by atoms with van der Waals surface area (Å²) < 4.78 is 23.0. The number of sulfone groups is 1. The molecule has 2 aromatic rings. The number of halogens is 1. The number of benzene rings is 1. The monoisotopic (exact) mass is 393 g/mol. The lowest BCUT2D eigenvalue weighted by atomic mass is 10.2. The van der Waals surface area contributed by atoms with Crippen molar-refractivity contribution in [3.05, 3.63) is 58.9 Å². The fourth-order valence-electron chi connectivity index (χ4n) is 2.62. The molecule has 1 aliphatic heterocycles. The van der Waals surface area contributed by atoms with Crippen molar-refractivity contribution < 1.29 is 18.0 Å². The number of aromatic nitrogens is 1. The van der Waals surface area contributed by atoms with Crippen LogP contribution in [0.25, 0.3) is 0 Å². The molecule has 1 saturated heterocycles. The molecule has 1 unspecified atom stereocenters. The first-order chi connectivity index (χ1) is 12.3. The lowest BCUT2D eigenvalue weighted by Crippen LogP contribution is -2.35. The summed E-state index contributed by atoms with van der Waals surface area (Å²) in [5, 5.41) is 5.70. The minimum Gasteiger partial charge on any atom is -0.348 e. The van der Waals surface area contributed by atoms with Gasteiger partial charge < -0.3 is 10.6 Å². The molecule has 2 amide bonds. The minimum atomic E-state index is -3.09. The number of rotatable bonds is 4. The number of carbonyl (C=O) groups excluding carboxylic acids is 2. The van der Waals surface area contributed by atoms with Gasteiger partial charge in [-0.15, -0.1) is 0 Å². The Balaban J connectivity index is 1.70. The molecule has 1 fully saturated rings. The number of para-hydroxylation sites is 1. The maximum absolute atomic E-state index is 12.3. The average Bonchev–Trinajstić information content (AvgIpc) is 2.95. The van der Waals surface area contributed by atoms with E-state index in [2.05, 4.69) is 15.6 Å². The highest BCUT2D eigenvalue weighted by Gasteiger charge is 2.29. The smallest absolute Gasteiger partial charge is 0.274 e. The van der Waals surface area contributed by atoms with E-state index in [-0.39, 0.29) is 22.8 Å². The van der Waals surface area contributed by atoms with E-state index in [9.17, 15) is 18.0 Å². The maximum atomic E-state index is 12.3. The Morgan fingerprint density at radius 3 is 2.62 bits per heavy atom. The Morgan fingerprint density at radius 2 is 1.92 bits per heavy atom. The van der Waals surface area contributed by atoms with Crippen molar-refractivity contribution in [1.29, 1.82) is 0 Å². The van der Waals surface area contributed by atoms with Crippen molar-refractivity contribution in [2.45, 2.75) is 12.5 Å². The topological polar surface area (TPSA) is 105 Å². The molecule has 0 saturated carbocycles. The van der Waals surface area contributed by atoms with Crippen LogP contribution in [0.4, 0.5) is 5.69 Å². The van der Waals surface area contributed by atoms with Crippen molar-refractivity contribution in [2.75, 3.05) is 16.8 Å². The number of pyridine rings is 1. The van der Waals surface area contributed by atoms with Crippen LogP contribution < -0.4 is 10.6 Å². The summed E-state index contributed by atoms with van der Waals surface area (Å²) in [6.07, 6.45) is 1.74. The van der Waals surface area contributed by atoms with Gasteiger partial charge in [-0.2, -0.15) is 0 Å². The predicted octanol–water partition coefficient (Wildman–Crippen LogP) is 1.90. The maximum Gasteiger partial charge on any atom is 0.274 e. The largest absolute Gasteiger partial charge is 0.348 e. The molecule has 0 spiro atoms. The normalized spacial score (nSPS) is 18.3. The second-order valence-electron chi connectivity index (χ2n) is 5.94. The van der Waals surface area contributed by atoms with Gasteiger partial charge in [0, 0.05) is 17.8 Å². The zero-order chi connectivity index (χ0) is 18.7. The first-order valence-electron chi connectivity index (χ1n) is 7.87. The lowest BCUT2D eigenvalue weighted by Gasteiger charge is -2.11. The van der Waals surface area contributed by atoms with Gasteiger partial charge in [0.1, 0.15) is 5.69 Å². The van der Waals surface area contributed by atoms with Gasteiger partial charge in [-0.3, -0.25) is 14.6 Å². The van der Waals surface area contributed by atoms with Crippen LogP contribution in [-0.2, 0) is 9.84 Å². The summed E-state index contributed by atoms with van der Waals surface area (Å²) >= 11 is 6.01. The Hall–Kier alpha value is -2.45. The van der Waals surface area contributed by atoms with Crippen molar-refractivity contribution in [1.82, 2.24) is 10.3 Å². The molecule has 7 nitrogen and oxygen atoms in total. The van der Waals surface area contributed by atoms with Gasteiger partial charge in [0.25, 0.3) is 11.8 Å². The molecular weight excluding hydrogens is 378 g/mol. The molecule has 3 rings (SSSR count). The third-order valence-electron chi connectivity index (χ3n) is 3.94. The molecule has 1 aromatic heterocycles. The Morgan fingerprint density at radius 1 is 1.15 bits per heavy atom. The van der Waals surface area contributed by atoms with E-state index in [1.54, 1.807) is 24.3 Å². The van der Waals surface area contributed by atoms with Gasteiger partial charge >= 0.3 is 0 Å². The van der Waals surface area contributed by atoms with Crippen LogP contribution in [0.3, 0.4) is 0 Å². The number of nitrogens with zero attached hydrogens (tertiary/aromatic N) is 1. The molecule has 2 heterocycles. The van der Waals surface area contributed by atoms with Crippen molar-refractivity contribution in [2.24, 2.45) is 0 Å². The minimum absolute atomic E-state index is 0.0524. The van der Waals surface area contributed by atoms with Crippen molar-refractivity contribution in [3.63, 3.8) is 0 Å². The summed E-state index contributed by atoms with van der Waals surface area (Å²) in [6.45, 7) is 0. The highest BCUT2D eigenvalue weighted by molar-refractivity contribution is 7.91. The van der Waals surface area contributed by atoms with E-state index in [0.717, 1.165) is 0 Å². The Labute approximate surface area is 155 Å². The number of hydrogen-bond acceptors (Lipinski definition) is 5. The van der Waals surface area contributed by atoms with Crippen LogP contribution in [-0.4, -0.2) is 42.8 Å². The molecule has 1 aromatic carbocycles. The van der Waals surface area contributed by atoms with Gasteiger partial charge in [0.05, 0.1) is 22.2 Å². The summed E-state index contributed by atoms with van der Waals surface area (Å²) in [7, 11) is -3.09. The average molecular weight is 394 g/mol. The van der Waals surface area contributed by atoms with Crippen molar-refractivity contribution in [3.8, 4) is 0 Å². The molecule has 0 bridgehead atoms. The number of carbonyl (C=O) groups is 2. The van der Waals surface area contributed by atoms with Gasteiger partial charge in [-0.25, -0.2) is 8.42 Å². The van der Waals surface area contributed by atoms with E-state index in [1.165, 1.54) is 18.3 Å². The van der Waals surface area contributed by atoms with Gasteiger partial charge in [-0.05, 0) is 30.7 Å². The zero-order valence-electron chi connectivity index (χ0n) is 13.6. The quantitative estimate of drug-likeness (QED) is 0.825. The summed E-state index contributed by atoms with van der Waals surface area (Å²) in [6, 6.07) is 9.16. The summed E-state index contributed by atoms with van der Waals surface area (Å²) in [5.74, 6) is -0.943. The van der Waals surface area contributed by atoms with E-state index in [0.29, 0.717) is 17.1 Å². The first-order valence-corrected chi connectivity index (χ1v) is 10.1. The molecule has 2 N–H and O–H groups in total. The molecule has 0 radical (unpaired) electrons. The first kappa shape index (κ1) is 18.3. The van der Waals surface area contributed by atoms with E-state index in [1.807, 2.05) is 0 Å². The van der Waals surface area contributed by atoms with Gasteiger partial charge in [-0.1, -0.05) is 23.7 Å². The Bertz CT molecular complexity index is 962. The van der Waals surface area contributed by atoms with E-state index < -0.39 is 27.7 Å². The molecule has 26 heavy (non-hydrogen) atoms. The van der Waals surface area contributed by atoms with Crippen LogP contribution in [0, 0.1) is 0 Å². The highest BCUT2D eigenvalue weighted by atomic mass is 35.5. The van der Waals surface area contributed by atoms with Crippen LogP contribution in [0.1, 0.15) is 27.3 Å². The van der Waals surface area contributed by atoms with Gasteiger partial charge in [0.2, 0.25) is 0 Å². The third kappa shape index (κ3) is 4.39. The molecule has 0 aliphatic carbocycles. The molecular formula is C17H16ClN3O4S. The second-order valence-corrected chi connectivity index (χ2v) is 8.57. The number of hydrogen-bond donors (Lipinski definition) is 2. The SMILES string of the molecule is O=C(NC1CCS(=O)(=O)C1)c1ccnc(C(=O)Nc2ccccc2Cl)c1. The van der Waals surface area contributed by atoms with Crippen LogP contribution in [0.15, 0.2) is 42.6 Å². The van der Waals surface area contributed by atoms with Crippen LogP contribution in [0.2, 0.25) is 5.02 Å². The third-order valence-corrected chi connectivity index (χ3v) is 6.04. The number of amides is 2. The summed E-state index contributed by atoms with van der Waals surface area (Å²) in [5.41, 5.74) is 0.720. The van der Waals surface area contributed by atoms with E-state index >= 15 is 0 Å². The van der Waals surface area contributed by atoms with Gasteiger partial charge in [0.15, 0.2) is 9.84 Å². The summed E-state index contributed by atoms with van der Waals surface area (Å²) in [4.78, 5) is 28.6. The lowest BCUT2D eigenvalue weighted by molar-refractivity contribution is 0.0941. The zero-order valence-corrected chi connectivity index (χ0v) is 15.2. The molecule has 1 atom stereocenters. The molecule has 1 aliphatic rings. The fourth-order valence-corrected chi connectivity index (χ4v) is 4.48. The van der Waals surface area contributed by atoms with E-state index in [4.69, 9.17) is 11.6 Å². The Kier molecular flexibility index (Phi) is 5.24. The molecule has 136 valence electrons. The second kappa shape index (κ2) is 7.43. The predicted molar refractivity (Wildman–Crippen MR) is 98.2 cm³/mol. The highest BCUT2D eigenvalue weighted by Crippen LogP contribution is 2.21. The molecule has 9 heteroatoms. The number of nitrogens with one attached hydrogen (secondary N) is 2. The standard InChI is InChI=1S/C17H16ClN3O4S/c18-13-3-1-2-4-14(13)21-17(23)15-9-11(5-7-19-15)16(22)20-12-6-8-26(24,25)10-12/h1-5,7,9,12H,6,8,10H2,(H,20,22)(H,21,23). The van der Waals surface area contributed by atoms with Crippen LogP contribution in [0.5, 0.6) is 0 Å².